The van der Waals surface area contributed by atoms with Crippen LogP contribution in [0.15, 0.2) is 36.5 Å². The van der Waals surface area contributed by atoms with Crippen LogP contribution in [-0.4, -0.2) is 34.2 Å². The van der Waals surface area contributed by atoms with E-state index in [1.54, 1.807) is 4.68 Å². The zero-order valence-electron chi connectivity index (χ0n) is 12.4. The lowest BCUT2D eigenvalue weighted by molar-refractivity contribution is -0.120. The SMILES string of the molecule is Cc1c(C(=O)NCC(=O)NC2CC2)cnn1-c1ccccc1. The van der Waals surface area contributed by atoms with E-state index in [0.717, 1.165) is 24.2 Å². The first-order chi connectivity index (χ1) is 10.6. The maximum atomic E-state index is 12.2. The van der Waals surface area contributed by atoms with Gasteiger partial charge in [0.25, 0.3) is 5.91 Å². The Bertz CT molecular complexity index is 689. The van der Waals surface area contributed by atoms with Crippen LogP contribution >= 0.6 is 0 Å². The van der Waals surface area contributed by atoms with Crippen LogP contribution in [0.5, 0.6) is 0 Å². The van der Waals surface area contributed by atoms with Gasteiger partial charge >= 0.3 is 0 Å². The molecule has 1 aromatic heterocycles. The molecule has 1 aliphatic carbocycles. The Balaban J connectivity index is 1.65. The van der Waals surface area contributed by atoms with E-state index >= 15 is 0 Å². The average Bonchev–Trinajstić information content (AvgIpc) is 3.25. The van der Waals surface area contributed by atoms with Gasteiger partial charge in [-0.05, 0) is 31.9 Å². The number of hydrogen-bond acceptors (Lipinski definition) is 3. The first kappa shape index (κ1) is 14.3. The second-order valence-corrected chi connectivity index (χ2v) is 5.42. The summed E-state index contributed by atoms with van der Waals surface area (Å²) in [6.07, 6.45) is 3.59. The molecule has 1 fully saturated rings. The van der Waals surface area contributed by atoms with Crippen molar-refractivity contribution in [2.45, 2.75) is 25.8 Å². The van der Waals surface area contributed by atoms with Crippen molar-refractivity contribution in [2.24, 2.45) is 0 Å². The van der Waals surface area contributed by atoms with E-state index in [2.05, 4.69) is 15.7 Å². The molecule has 0 spiro atoms. The summed E-state index contributed by atoms with van der Waals surface area (Å²) in [5.41, 5.74) is 2.11. The van der Waals surface area contributed by atoms with Gasteiger partial charge in [-0.1, -0.05) is 18.2 Å². The summed E-state index contributed by atoms with van der Waals surface area (Å²) >= 11 is 0. The number of amides is 2. The van der Waals surface area contributed by atoms with E-state index in [1.807, 2.05) is 37.3 Å². The highest BCUT2D eigenvalue weighted by molar-refractivity contribution is 5.97. The standard InChI is InChI=1S/C16H18N4O2/c1-11-14(9-18-20(11)13-5-3-2-4-6-13)16(22)17-10-15(21)19-12-7-8-12/h2-6,9,12H,7-8,10H2,1H3,(H,17,22)(H,19,21). The normalized spacial score (nSPS) is 13.7. The minimum Gasteiger partial charge on any atom is -0.352 e. The molecule has 1 heterocycles. The van der Waals surface area contributed by atoms with Gasteiger partial charge in [-0.25, -0.2) is 4.68 Å². The Kier molecular flexibility index (Phi) is 3.91. The van der Waals surface area contributed by atoms with Crippen molar-refractivity contribution >= 4 is 11.8 Å². The molecule has 3 rings (SSSR count). The molecular formula is C16H18N4O2. The number of aromatic nitrogens is 2. The van der Waals surface area contributed by atoms with E-state index < -0.39 is 0 Å². The zero-order chi connectivity index (χ0) is 15.5. The maximum Gasteiger partial charge on any atom is 0.255 e. The molecule has 6 nitrogen and oxygen atoms in total. The number of rotatable bonds is 5. The van der Waals surface area contributed by atoms with Gasteiger partial charge in [0, 0.05) is 6.04 Å². The topological polar surface area (TPSA) is 76.0 Å². The average molecular weight is 298 g/mol. The zero-order valence-corrected chi connectivity index (χ0v) is 12.4. The fourth-order valence-corrected chi connectivity index (χ4v) is 2.22. The molecule has 114 valence electrons. The molecule has 1 saturated carbocycles. The molecular weight excluding hydrogens is 280 g/mol. The molecule has 1 aliphatic rings. The van der Waals surface area contributed by atoms with Crippen molar-refractivity contribution in [3.05, 3.63) is 47.8 Å². The van der Waals surface area contributed by atoms with Gasteiger partial charge in [-0.2, -0.15) is 5.10 Å². The molecule has 0 unspecified atom stereocenters. The Hall–Kier alpha value is -2.63. The van der Waals surface area contributed by atoms with Gasteiger partial charge in [0.2, 0.25) is 5.91 Å². The smallest absolute Gasteiger partial charge is 0.255 e. The molecule has 0 saturated heterocycles. The predicted molar refractivity (Wildman–Crippen MR) is 81.8 cm³/mol. The quantitative estimate of drug-likeness (QED) is 0.870. The van der Waals surface area contributed by atoms with Crippen LogP contribution in [0.3, 0.4) is 0 Å². The van der Waals surface area contributed by atoms with Crippen LogP contribution in [0.25, 0.3) is 5.69 Å². The number of nitrogens with zero attached hydrogens (tertiary/aromatic N) is 2. The Morgan fingerprint density at radius 3 is 2.68 bits per heavy atom. The van der Waals surface area contributed by atoms with E-state index in [9.17, 15) is 9.59 Å². The first-order valence-corrected chi connectivity index (χ1v) is 7.33. The summed E-state index contributed by atoms with van der Waals surface area (Å²) in [6, 6.07) is 9.90. The second kappa shape index (κ2) is 6.01. The third-order valence-corrected chi connectivity index (χ3v) is 3.61. The fraction of sp³-hybridized carbons (Fsp3) is 0.312. The van der Waals surface area contributed by atoms with Crippen molar-refractivity contribution in [2.75, 3.05) is 6.54 Å². The van der Waals surface area contributed by atoms with Crippen LogP contribution in [0, 0.1) is 6.92 Å². The molecule has 2 N–H and O–H groups in total. The van der Waals surface area contributed by atoms with Crippen LogP contribution in [0.2, 0.25) is 0 Å². The number of hydrogen-bond donors (Lipinski definition) is 2. The minimum atomic E-state index is -0.286. The third-order valence-electron chi connectivity index (χ3n) is 3.61. The van der Waals surface area contributed by atoms with E-state index in [0.29, 0.717) is 11.6 Å². The summed E-state index contributed by atoms with van der Waals surface area (Å²) in [5, 5.41) is 9.71. The Labute approximate surface area is 128 Å². The summed E-state index contributed by atoms with van der Waals surface area (Å²) in [5.74, 6) is -0.436. The molecule has 22 heavy (non-hydrogen) atoms. The summed E-state index contributed by atoms with van der Waals surface area (Å²) in [4.78, 5) is 23.8. The van der Waals surface area contributed by atoms with E-state index in [1.165, 1.54) is 6.20 Å². The third kappa shape index (κ3) is 3.16. The number of carbonyl (C=O) groups excluding carboxylic acids is 2. The summed E-state index contributed by atoms with van der Waals surface area (Å²) < 4.78 is 1.71. The van der Waals surface area contributed by atoms with Gasteiger partial charge in [0.15, 0.2) is 0 Å². The predicted octanol–water partition coefficient (Wildman–Crippen LogP) is 1.19. The highest BCUT2D eigenvalue weighted by atomic mass is 16.2. The Morgan fingerprint density at radius 2 is 2.00 bits per heavy atom. The van der Waals surface area contributed by atoms with Crippen LogP contribution in [0.1, 0.15) is 28.9 Å². The minimum absolute atomic E-state index is 0.00864. The fourth-order valence-electron chi connectivity index (χ4n) is 2.22. The van der Waals surface area contributed by atoms with E-state index in [-0.39, 0.29) is 18.4 Å². The van der Waals surface area contributed by atoms with Gasteiger partial charge in [0.1, 0.15) is 0 Å². The van der Waals surface area contributed by atoms with Gasteiger partial charge in [-0.3, -0.25) is 9.59 Å². The molecule has 0 atom stereocenters. The molecule has 2 amide bonds. The van der Waals surface area contributed by atoms with Crippen molar-refractivity contribution < 1.29 is 9.59 Å². The molecule has 2 aromatic rings. The lowest BCUT2D eigenvalue weighted by Crippen LogP contribution is -2.37. The number of carbonyl (C=O) groups is 2. The van der Waals surface area contributed by atoms with Crippen molar-refractivity contribution in [3.8, 4) is 5.69 Å². The number of para-hydroxylation sites is 1. The van der Waals surface area contributed by atoms with Crippen LogP contribution in [-0.2, 0) is 4.79 Å². The molecule has 6 heteroatoms. The number of benzene rings is 1. The van der Waals surface area contributed by atoms with Gasteiger partial charge < -0.3 is 10.6 Å². The number of nitrogens with one attached hydrogen (secondary N) is 2. The van der Waals surface area contributed by atoms with Crippen LogP contribution in [0.4, 0.5) is 0 Å². The lowest BCUT2D eigenvalue weighted by Gasteiger charge is -2.07. The van der Waals surface area contributed by atoms with Crippen molar-refractivity contribution in [1.82, 2.24) is 20.4 Å². The molecule has 0 bridgehead atoms. The van der Waals surface area contributed by atoms with Gasteiger partial charge in [-0.15, -0.1) is 0 Å². The monoisotopic (exact) mass is 298 g/mol. The highest BCUT2D eigenvalue weighted by Crippen LogP contribution is 2.18. The van der Waals surface area contributed by atoms with Gasteiger partial charge in [0.05, 0.1) is 29.7 Å². The second-order valence-electron chi connectivity index (χ2n) is 5.42. The molecule has 0 aliphatic heterocycles. The van der Waals surface area contributed by atoms with Crippen LogP contribution < -0.4 is 10.6 Å². The molecule has 0 radical (unpaired) electrons. The highest BCUT2D eigenvalue weighted by Gasteiger charge is 2.23. The molecule has 1 aromatic carbocycles. The largest absolute Gasteiger partial charge is 0.352 e. The first-order valence-electron chi connectivity index (χ1n) is 7.33. The van der Waals surface area contributed by atoms with Crippen molar-refractivity contribution in [1.29, 1.82) is 0 Å². The lowest BCUT2D eigenvalue weighted by atomic mass is 10.2. The Morgan fingerprint density at radius 1 is 1.27 bits per heavy atom. The van der Waals surface area contributed by atoms with Crippen molar-refractivity contribution in [3.63, 3.8) is 0 Å². The summed E-state index contributed by atoms with van der Waals surface area (Å²) in [6.45, 7) is 1.82. The summed E-state index contributed by atoms with van der Waals surface area (Å²) in [7, 11) is 0. The van der Waals surface area contributed by atoms with E-state index in [4.69, 9.17) is 0 Å². The maximum absolute atomic E-state index is 12.2.